The van der Waals surface area contributed by atoms with Crippen molar-refractivity contribution in [1.82, 2.24) is 4.31 Å². The van der Waals surface area contributed by atoms with Crippen molar-refractivity contribution in [1.29, 1.82) is 0 Å². The fourth-order valence-electron chi connectivity index (χ4n) is 2.56. The van der Waals surface area contributed by atoms with Crippen LogP contribution in [0.1, 0.15) is 12.5 Å². The number of amides is 1. The fraction of sp³-hybridized carbons (Fsp3) is 0.316. The van der Waals surface area contributed by atoms with Crippen molar-refractivity contribution in [2.75, 3.05) is 32.1 Å². The van der Waals surface area contributed by atoms with Gasteiger partial charge in [0.05, 0.1) is 13.7 Å². The number of likely N-dealkylation sites (N-methyl/N-ethyl adjacent to an activating group) is 2. The van der Waals surface area contributed by atoms with E-state index in [0.29, 0.717) is 5.69 Å². The molecule has 6 nitrogen and oxygen atoms in total. The number of ether oxygens (including phenoxy) is 1. The standard InChI is InChI=1S/C19H23FN2O4S/c1-5-22(13-19(23)21(3)16-9-7-15(20)8-10-16)27(24,25)18-12-14(2)6-11-17(18)26-4/h6-12H,5,13H2,1-4H3. The van der Waals surface area contributed by atoms with E-state index in [-0.39, 0.29) is 23.7 Å². The number of halogens is 1. The van der Waals surface area contributed by atoms with Gasteiger partial charge in [-0.3, -0.25) is 4.79 Å². The monoisotopic (exact) mass is 394 g/mol. The first-order valence-corrected chi connectivity index (χ1v) is 9.81. The van der Waals surface area contributed by atoms with Crippen molar-refractivity contribution in [3.05, 3.63) is 53.8 Å². The van der Waals surface area contributed by atoms with Gasteiger partial charge in [-0.05, 0) is 48.9 Å². The highest BCUT2D eigenvalue weighted by atomic mass is 32.2. The minimum absolute atomic E-state index is 0.0177. The molecule has 8 heteroatoms. The topological polar surface area (TPSA) is 66.9 Å². The summed E-state index contributed by atoms with van der Waals surface area (Å²) in [5, 5.41) is 0. The van der Waals surface area contributed by atoms with Gasteiger partial charge in [0.15, 0.2) is 0 Å². The third kappa shape index (κ3) is 4.64. The lowest BCUT2D eigenvalue weighted by Gasteiger charge is -2.24. The quantitative estimate of drug-likeness (QED) is 0.724. The molecule has 0 saturated carbocycles. The molecule has 0 fully saturated rings. The number of methoxy groups -OCH3 is 1. The molecule has 0 aliphatic heterocycles. The highest BCUT2D eigenvalue weighted by Crippen LogP contribution is 2.28. The first-order valence-electron chi connectivity index (χ1n) is 8.37. The molecule has 0 aromatic heterocycles. The van der Waals surface area contributed by atoms with Gasteiger partial charge in [0.25, 0.3) is 0 Å². The molecule has 0 radical (unpaired) electrons. The van der Waals surface area contributed by atoms with Gasteiger partial charge in [0.2, 0.25) is 15.9 Å². The zero-order chi connectivity index (χ0) is 20.2. The van der Waals surface area contributed by atoms with Crippen molar-refractivity contribution in [3.8, 4) is 5.75 Å². The lowest BCUT2D eigenvalue weighted by molar-refractivity contribution is -0.118. The maximum Gasteiger partial charge on any atom is 0.247 e. The summed E-state index contributed by atoms with van der Waals surface area (Å²) < 4.78 is 45.4. The Hall–Kier alpha value is -2.45. The molecule has 2 rings (SSSR count). The number of hydrogen-bond acceptors (Lipinski definition) is 4. The van der Waals surface area contributed by atoms with Crippen molar-refractivity contribution in [2.45, 2.75) is 18.7 Å². The summed E-state index contributed by atoms with van der Waals surface area (Å²) in [4.78, 5) is 13.9. The van der Waals surface area contributed by atoms with E-state index in [1.165, 1.54) is 49.4 Å². The summed E-state index contributed by atoms with van der Waals surface area (Å²) >= 11 is 0. The van der Waals surface area contributed by atoms with Gasteiger partial charge in [-0.1, -0.05) is 13.0 Å². The molecule has 0 N–H and O–H groups in total. The third-order valence-corrected chi connectivity index (χ3v) is 6.13. The van der Waals surface area contributed by atoms with Crippen LogP contribution < -0.4 is 9.64 Å². The predicted octanol–water partition coefficient (Wildman–Crippen LogP) is 2.82. The van der Waals surface area contributed by atoms with Gasteiger partial charge in [0.1, 0.15) is 16.5 Å². The van der Waals surface area contributed by atoms with Gasteiger partial charge in [-0.2, -0.15) is 4.31 Å². The molecule has 0 aliphatic rings. The lowest BCUT2D eigenvalue weighted by Crippen LogP contribution is -2.41. The van der Waals surface area contributed by atoms with Gasteiger partial charge < -0.3 is 9.64 Å². The number of sulfonamides is 1. The van der Waals surface area contributed by atoms with Crippen molar-refractivity contribution in [3.63, 3.8) is 0 Å². The van der Waals surface area contributed by atoms with E-state index in [1.54, 1.807) is 26.0 Å². The minimum atomic E-state index is -3.93. The highest BCUT2D eigenvalue weighted by molar-refractivity contribution is 7.89. The molecule has 0 unspecified atom stereocenters. The van der Waals surface area contributed by atoms with Crippen LogP contribution in [-0.2, 0) is 14.8 Å². The summed E-state index contributed by atoms with van der Waals surface area (Å²) in [7, 11) is -1.02. The van der Waals surface area contributed by atoms with E-state index in [0.717, 1.165) is 9.87 Å². The molecule has 0 atom stereocenters. The smallest absolute Gasteiger partial charge is 0.247 e. The number of rotatable bonds is 7. The molecule has 0 saturated heterocycles. The average molecular weight is 394 g/mol. The van der Waals surface area contributed by atoms with E-state index in [9.17, 15) is 17.6 Å². The third-order valence-electron chi connectivity index (χ3n) is 4.19. The Kier molecular flexibility index (Phi) is 6.56. The second-order valence-electron chi connectivity index (χ2n) is 6.01. The number of hydrogen-bond donors (Lipinski definition) is 0. The number of nitrogens with zero attached hydrogens (tertiary/aromatic N) is 2. The molecule has 146 valence electrons. The Labute approximate surface area is 159 Å². The molecule has 0 heterocycles. The normalized spacial score (nSPS) is 11.5. The number of carbonyl (C=O) groups is 1. The average Bonchev–Trinajstić information content (AvgIpc) is 2.65. The Morgan fingerprint density at radius 3 is 2.33 bits per heavy atom. The van der Waals surface area contributed by atoms with Crippen LogP contribution in [0, 0.1) is 12.7 Å². The molecule has 0 aliphatic carbocycles. The van der Waals surface area contributed by atoms with Crippen LogP contribution in [0.4, 0.5) is 10.1 Å². The Morgan fingerprint density at radius 1 is 1.15 bits per heavy atom. The number of carbonyl (C=O) groups excluding carboxylic acids is 1. The molecule has 2 aromatic rings. The minimum Gasteiger partial charge on any atom is -0.495 e. The first kappa shape index (κ1) is 20.9. The summed E-state index contributed by atoms with van der Waals surface area (Å²) in [6.45, 7) is 3.21. The molecular weight excluding hydrogens is 371 g/mol. The number of aryl methyl sites for hydroxylation is 1. The van der Waals surface area contributed by atoms with E-state index >= 15 is 0 Å². The zero-order valence-corrected chi connectivity index (χ0v) is 16.6. The van der Waals surface area contributed by atoms with Gasteiger partial charge >= 0.3 is 0 Å². The second kappa shape index (κ2) is 8.49. The van der Waals surface area contributed by atoms with Crippen LogP contribution in [0.25, 0.3) is 0 Å². The number of anilines is 1. The molecule has 1 amide bonds. The van der Waals surface area contributed by atoms with Crippen LogP contribution in [0.2, 0.25) is 0 Å². The van der Waals surface area contributed by atoms with Gasteiger partial charge in [0, 0.05) is 19.3 Å². The summed E-state index contributed by atoms with van der Waals surface area (Å²) in [5.74, 6) is -0.624. The maximum absolute atomic E-state index is 13.1. The van der Waals surface area contributed by atoms with E-state index in [1.807, 2.05) is 0 Å². The fourth-order valence-corrected chi connectivity index (χ4v) is 4.20. The Balaban J connectivity index is 2.29. The Morgan fingerprint density at radius 2 is 1.78 bits per heavy atom. The van der Waals surface area contributed by atoms with Gasteiger partial charge in [-0.25, -0.2) is 12.8 Å². The lowest BCUT2D eigenvalue weighted by atomic mass is 10.2. The zero-order valence-electron chi connectivity index (χ0n) is 15.8. The van der Waals surface area contributed by atoms with Crippen LogP contribution in [0.5, 0.6) is 5.75 Å². The van der Waals surface area contributed by atoms with Crippen LogP contribution in [0.3, 0.4) is 0 Å². The molecule has 27 heavy (non-hydrogen) atoms. The second-order valence-corrected chi connectivity index (χ2v) is 7.92. The first-order chi connectivity index (χ1) is 12.7. The molecule has 0 spiro atoms. The molecule has 2 aromatic carbocycles. The van der Waals surface area contributed by atoms with Crippen LogP contribution >= 0.6 is 0 Å². The predicted molar refractivity (Wildman–Crippen MR) is 102 cm³/mol. The summed E-state index contributed by atoms with van der Waals surface area (Å²) in [6.07, 6.45) is 0. The summed E-state index contributed by atoms with van der Waals surface area (Å²) in [5.41, 5.74) is 1.24. The molecule has 0 bridgehead atoms. The van der Waals surface area contributed by atoms with E-state index < -0.39 is 21.7 Å². The van der Waals surface area contributed by atoms with E-state index in [2.05, 4.69) is 0 Å². The summed E-state index contributed by atoms with van der Waals surface area (Å²) in [6, 6.07) is 10.3. The Bertz CT molecular complexity index is 914. The van der Waals surface area contributed by atoms with Gasteiger partial charge in [-0.15, -0.1) is 0 Å². The van der Waals surface area contributed by atoms with Crippen LogP contribution in [0.15, 0.2) is 47.4 Å². The van der Waals surface area contributed by atoms with E-state index in [4.69, 9.17) is 4.74 Å². The SMILES string of the molecule is CCN(CC(=O)N(C)c1ccc(F)cc1)S(=O)(=O)c1cc(C)ccc1OC. The number of benzene rings is 2. The molecular formula is C19H23FN2O4S. The largest absolute Gasteiger partial charge is 0.495 e. The van der Waals surface area contributed by atoms with Crippen LogP contribution in [-0.4, -0.2) is 45.9 Å². The highest BCUT2D eigenvalue weighted by Gasteiger charge is 2.29. The maximum atomic E-state index is 13.1. The van der Waals surface area contributed by atoms with Crippen molar-refractivity contribution in [2.24, 2.45) is 0 Å². The van der Waals surface area contributed by atoms with Crippen molar-refractivity contribution < 1.29 is 22.3 Å². The van der Waals surface area contributed by atoms with Crippen molar-refractivity contribution >= 4 is 21.6 Å².